The number of aliphatic hydroxyl groups is 1. The predicted molar refractivity (Wildman–Crippen MR) is 76.8 cm³/mol. The van der Waals surface area contributed by atoms with Gasteiger partial charge in [0.05, 0.1) is 23.4 Å². The van der Waals surface area contributed by atoms with E-state index in [0.29, 0.717) is 28.2 Å². The Hall–Kier alpha value is -0.970. The third-order valence-corrected chi connectivity index (χ3v) is 4.07. The van der Waals surface area contributed by atoms with Crippen LogP contribution < -0.4 is 5.32 Å². The van der Waals surface area contributed by atoms with Crippen LogP contribution in [-0.4, -0.2) is 35.2 Å². The fourth-order valence-electron chi connectivity index (χ4n) is 2.32. The average molecular weight is 303 g/mol. The summed E-state index contributed by atoms with van der Waals surface area (Å²) in [5.74, 6) is 0.297. The number of halogens is 2. The molecule has 2 amide bonds. The predicted octanol–water partition coefficient (Wildman–Crippen LogP) is 3.23. The smallest absolute Gasteiger partial charge is 0.322 e. The summed E-state index contributed by atoms with van der Waals surface area (Å²) < 4.78 is 0. The van der Waals surface area contributed by atoms with Gasteiger partial charge in [0, 0.05) is 11.6 Å². The molecule has 4 nitrogen and oxygen atoms in total. The molecule has 19 heavy (non-hydrogen) atoms. The Morgan fingerprint density at radius 3 is 2.95 bits per heavy atom. The Balaban J connectivity index is 2.11. The number of aliphatic hydroxyl groups excluding tert-OH is 1. The van der Waals surface area contributed by atoms with Crippen LogP contribution in [0.15, 0.2) is 18.2 Å². The second-order valence-corrected chi connectivity index (χ2v) is 5.61. The highest BCUT2D eigenvalue weighted by Crippen LogP contribution is 2.28. The van der Waals surface area contributed by atoms with Crippen LogP contribution in [0.5, 0.6) is 0 Å². The number of anilines is 1. The number of carbonyl (C=O) groups is 1. The maximum atomic E-state index is 12.2. The average Bonchev–Trinajstić information content (AvgIpc) is 2.75. The standard InChI is InChI=1S/C13H16Cl2N2O2/c1-8-4-5-17(12(8)7-18)13(19)16-11-6-9(14)2-3-10(11)15/h2-3,6,8,12,18H,4-5,7H2,1H3,(H,16,19). The summed E-state index contributed by atoms with van der Waals surface area (Å²) in [6.07, 6.45) is 0.891. The molecule has 104 valence electrons. The summed E-state index contributed by atoms with van der Waals surface area (Å²) in [5.41, 5.74) is 0.482. The highest BCUT2D eigenvalue weighted by molar-refractivity contribution is 6.35. The van der Waals surface area contributed by atoms with Crippen molar-refractivity contribution in [1.29, 1.82) is 0 Å². The van der Waals surface area contributed by atoms with Crippen molar-refractivity contribution in [3.8, 4) is 0 Å². The molecule has 0 radical (unpaired) electrons. The lowest BCUT2D eigenvalue weighted by Crippen LogP contribution is -2.42. The molecular weight excluding hydrogens is 287 g/mol. The van der Waals surface area contributed by atoms with E-state index in [1.54, 1.807) is 23.1 Å². The minimum absolute atomic E-state index is 0.0299. The molecule has 6 heteroatoms. The van der Waals surface area contributed by atoms with Gasteiger partial charge < -0.3 is 15.3 Å². The summed E-state index contributed by atoms with van der Waals surface area (Å²) in [4.78, 5) is 13.8. The van der Waals surface area contributed by atoms with Crippen molar-refractivity contribution < 1.29 is 9.90 Å². The summed E-state index contributed by atoms with van der Waals surface area (Å²) in [7, 11) is 0. The van der Waals surface area contributed by atoms with E-state index in [2.05, 4.69) is 5.32 Å². The second kappa shape index (κ2) is 5.99. The highest BCUT2D eigenvalue weighted by atomic mass is 35.5. The third kappa shape index (κ3) is 3.14. The number of urea groups is 1. The number of hydrogen-bond donors (Lipinski definition) is 2. The van der Waals surface area contributed by atoms with E-state index in [1.807, 2.05) is 6.92 Å². The first-order valence-corrected chi connectivity index (χ1v) is 6.92. The minimum atomic E-state index is -0.257. The number of rotatable bonds is 2. The molecule has 2 atom stereocenters. The molecule has 0 bridgehead atoms. The lowest BCUT2D eigenvalue weighted by molar-refractivity contribution is 0.152. The maximum absolute atomic E-state index is 12.2. The van der Waals surface area contributed by atoms with Crippen molar-refractivity contribution in [2.45, 2.75) is 19.4 Å². The monoisotopic (exact) mass is 302 g/mol. The van der Waals surface area contributed by atoms with Gasteiger partial charge in [0.25, 0.3) is 0 Å². The van der Waals surface area contributed by atoms with Crippen molar-refractivity contribution in [3.63, 3.8) is 0 Å². The third-order valence-electron chi connectivity index (χ3n) is 3.50. The molecule has 1 saturated heterocycles. The first-order valence-electron chi connectivity index (χ1n) is 6.16. The molecule has 1 aromatic carbocycles. The van der Waals surface area contributed by atoms with E-state index in [1.165, 1.54) is 0 Å². The lowest BCUT2D eigenvalue weighted by Gasteiger charge is -2.25. The Kier molecular flexibility index (Phi) is 4.55. The van der Waals surface area contributed by atoms with Gasteiger partial charge in [0.1, 0.15) is 0 Å². The minimum Gasteiger partial charge on any atom is -0.394 e. The van der Waals surface area contributed by atoms with Gasteiger partial charge in [0.2, 0.25) is 0 Å². The van der Waals surface area contributed by atoms with Crippen LogP contribution >= 0.6 is 23.2 Å². The van der Waals surface area contributed by atoms with Crippen LogP contribution in [0.1, 0.15) is 13.3 Å². The van der Waals surface area contributed by atoms with Crippen LogP contribution in [0.3, 0.4) is 0 Å². The summed E-state index contributed by atoms with van der Waals surface area (Å²) in [6, 6.07) is 4.50. The molecule has 0 spiro atoms. The molecule has 0 aromatic heterocycles. The molecule has 2 N–H and O–H groups in total. The number of hydrogen-bond acceptors (Lipinski definition) is 2. The number of carbonyl (C=O) groups excluding carboxylic acids is 1. The van der Waals surface area contributed by atoms with Crippen LogP contribution in [0.4, 0.5) is 10.5 Å². The van der Waals surface area contributed by atoms with Crippen LogP contribution in [-0.2, 0) is 0 Å². The second-order valence-electron chi connectivity index (χ2n) is 4.76. The summed E-state index contributed by atoms with van der Waals surface area (Å²) in [5, 5.41) is 13.0. The molecular formula is C13H16Cl2N2O2. The Morgan fingerprint density at radius 1 is 1.53 bits per heavy atom. The van der Waals surface area contributed by atoms with Crippen LogP contribution in [0.25, 0.3) is 0 Å². The number of nitrogens with zero attached hydrogens (tertiary/aromatic N) is 1. The van der Waals surface area contributed by atoms with Gasteiger partial charge >= 0.3 is 6.03 Å². The first kappa shape index (κ1) is 14.4. The molecule has 2 rings (SSSR count). The highest BCUT2D eigenvalue weighted by Gasteiger charge is 2.33. The Morgan fingerprint density at radius 2 is 2.26 bits per heavy atom. The molecule has 1 fully saturated rings. The van der Waals surface area contributed by atoms with Gasteiger partial charge in [0.15, 0.2) is 0 Å². The quantitative estimate of drug-likeness (QED) is 0.881. The van der Waals surface area contributed by atoms with Gasteiger partial charge in [-0.05, 0) is 30.5 Å². The van der Waals surface area contributed by atoms with E-state index in [9.17, 15) is 9.90 Å². The lowest BCUT2D eigenvalue weighted by atomic mass is 10.0. The zero-order valence-corrected chi connectivity index (χ0v) is 12.1. The molecule has 2 unspecified atom stereocenters. The van der Waals surface area contributed by atoms with Crippen molar-refractivity contribution in [1.82, 2.24) is 4.90 Å². The Bertz CT molecular complexity index is 482. The largest absolute Gasteiger partial charge is 0.394 e. The van der Waals surface area contributed by atoms with Gasteiger partial charge in [-0.3, -0.25) is 0 Å². The molecule has 0 saturated carbocycles. The van der Waals surface area contributed by atoms with E-state index in [0.717, 1.165) is 6.42 Å². The fraction of sp³-hybridized carbons (Fsp3) is 0.462. The van der Waals surface area contributed by atoms with Crippen LogP contribution in [0.2, 0.25) is 10.0 Å². The first-order chi connectivity index (χ1) is 9.02. The zero-order chi connectivity index (χ0) is 14.0. The molecule has 0 aliphatic carbocycles. The number of nitrogens with one attached hydrogen (secondary N) is 1. The fourth-order valence-corrected chi connectivity index (χ4v) is 2.66. The summed E-state index contributed by atoms with van der Waals surface area (Å²) >= 11 is 11.9. The van der Waals surface area contributed by atoms with Gasteiger partial charge in [-0.25, -0.2) is 4.79 Å². The number of benzene rings is 1. The van der Waals surface area contributed by atoms with E-state index in [4.69, 9.17) is 23.2 Å². The van der Waals surface area contributed by atoms with Crippen molar-refractivity contribution in [2.24, 2.45) is 5.92 Å². The Labute approximate surface area is 122 Å². The number of likely N-dealkylation sites (tertiary alicyclic amines) is 1. The topological polar surface area (TPSA) is 52.6 Å². The van der Waals surface area contributed by atoms with Crippen molar-refractivity contribution in [3.05, 3.63) is 28.2 Å². The van der Waals surface area contributed by atoms with Gasteiger partial charge in [-0.15, -0.1) is 0 Å². The zero-order valence-electron chi connectivity index (χ0n) is 10.6. The van der Waals surface area contributed by atoms with Crippen LogP contribution in [0, 0.1) is 5.92 Å². The van der Waals surface area contributed by atoms with Crippen molar-refractivity contribution >= 4 is 34.9 Å². The maximum Gasteiger partial charge on any atom is 0.322 e. The number of amides is 2. The summed E-state index contributed by atoms with van der Waals surface area (Å²) in [6.45, 7) is 2.63. The molecule has 1 aliphatic heterocycles. The van der Waals surface area contributed by atoms with E-state index >= 15 is 0 Å². The van der Waals surface area contributed by atoms with Gasteiger partial charge in [-0.1, -0.05) is 30.1 Å². The molecule has 1 aliphatic rings. The molecule has 1 aromatic rings. The SMILES string of the molecule is CC1CCN(C(=O)Nc2cc(Cl)ccc2Cl)C1CO. The normalized spacial score (nSPS) is 22.6. The van der Waals surface area contributed by atoms with E-state index < -0.39 is 0 Å². The van der Waals surface area contributed by atoms with E-state index in [-0.39, 0.29) is 18.7 Å². The molecule has 1 heterocycles. The van der Waals surface area contributed by atoms with Crippen molar-refractivity contribution in [2.75, 3.05) is 18.5 Å². The van der Waals surface area contributed by atoms with Gasteiger partial charge in [-0.2, -0.15) is 0 Å².